The van der Waals surface area contributed by atoms with E-state index in [0.717, 1.165) is 0 Å². The molecule has 6 nitrogen and oxygen atoms in total. The van der Waals surface area contributed by atoms with Crippen molar-refractivity contribution < 1.29 is 4.79 Å². The number of imidazole rings is 1. The van der Waals surface area contributed by atoms with E-state index in [-0.39, 0.29) is 5.78 Å². The van der Waals surface area contributed by atoms with Gasteiger partial charge in [0.15, 0.2) is 0 Å². The number of carbonyl (C=O) groups is 1. The Morgan fingerprint density at radius 2 is 2.04 bits per heavy atom. The first kappa shape index (κ1) is 15.6. The van der Waals surface area contributed by atoms with Gasteiger partial charge in [-0.25, -0.2) is 4.98 Å². The Labute approximate surface area is 139 Å². The summed E-state index contributed by atoms with van der Waals surface area (Å²) < 4.78 is 1.75. The number of ketones is 1. The Morgan fingerprint density at radius 1 is 1.21 bits per heavy atom. The lowest BCUT2D eigenvalue weighted by atomic mass is 10.1. The van der Waals surface area contributed by atoms with Crippen LogP contribution in [0.2, 0.25) is 0 Å². The van der Waals surface area contributed by atoms with Gasteiger partial charge < -0.3 is 4.90 Å². The van der Waals surface area contributed by atoms with Crippen molar-refractivity contribution in [3.8, 4) is 11.3 Å². The number of rotatable bonds is 5. The van der Waals surface area contributed by atoms with Crippen molar-refractivity contribution in [3.05, 3.63) is 71.5 Å². The standard InChI is InChI=1S/C18H16N4O2/c1-21(2)11-9-15(23)18-17(13-6-5-7-14(12-13)20-24)19-16-8-3-4-10-22(16)18/h3-12H,1-2H3/b11-9+. The second-order valence-corrected chi connectivity index (χ2v) is 5.52. The molecule has 0 atom stereocenters. The fraction of sp³-hybridized carbons (Fsp3) is 0.111. The van der Waals surface area contributed by atoms with Crippen molar-refractivity contribution in [1.82, 2.24) is 14.3 Å². The topological polar surface area (TPSA) is 67.0 Å². The lowest BCUT2D eigenvalue weighted by Crippen LogP contribution is -2.06. The Bertz CT molecular complexity index is 941. The monoisotopic (exact) mass is 320 g/mol. The fourth-order valence-electron chi connectivity index (χ4n) is 2.44. The average molecular weight is 320 g/mol. The van der Waals surface area contributed by atoms with E-state index in [4.69, 9.17) is 0 Å². The number of carbonyl (C=O) groups excluding carboxylic acids is 1. The smallest absolute Gasteiger partial charge is 0.206 e. The molecule has 120 valence electrons. The summed E-state index contributed by atoms with van der Waals surface area (Å²) in [4.78, 5) is 29.9. The van der Waals surface area contributed by atoms with Gasteiger partial charge in [0, 0.05) is 38.1 Å². The summed E-state index contributed by atoms with van der Waals surface area (Å²) in [6.07, 6.45) is 4.99. The van der Waals surface area contributed by atoms with Crippen molar-refractivity contribution in [2.45, 2.75) is 0 Å². The van der Waals surface area contributed by atoms with E-state index in [1.165, 1.54) is 6.08 Å². The number of nitrogens with zero attached hydrogens (tertiary/aromatic N) is 4. The Kier molecular flexibility index (Phi) is 4.20. The molecule has 0 saturated carbocycles. The van der Waals surface area contributed by atoms with Crippen LogP contribution in [-0.2, 0) is 0 Å². The lowest BCUT2D eigenvalue weighted by Gasteiger charge is -2.05. The molecule has 3 rings (SSSR count). The molecule has 0 radical (unpaired) electrons. The molecule has 0 amide bonds. The van der Waals surface area contributed by atoms with Gasteiger partial charge in [-0.05, 0) is 29.4 Å². The lowest BCUT2D eigenvalue weighted by molar-refractivity contribution is 0.104. The van der Waals surface area contributed by atoms with Crippen molar-refractivity contribution in [1.29, 1.82) is 0 Å². The normalized spacial score (nSPS) is 11.1. The van der Waals surface area contributed by atoms with Gasteiger partial charge in [-0.1, -0.05) is 18.2 Å². The first-order valence-corrected chi connectivity index (χ1v) is 7.40. The second-order valence-electron chi connectivity index (χ2n) is 5.52. The van der Waals surface area contributed by atoms with E-state index in [0.29, 0.717) is 28.3 Å². The van der Waals surface area contributed by atoms with Gasteiger partial charge in [0.1, 0.15) is 22.7 Å². The fourth-order valence-corrected chi connectivity index (χ4v) is 2.44. The van der Waals surface area contributed by atoms with Crippen molar-refractivity contribution in [2.75, 3.05) is 14.1 Å². The molecule has 0 bridgehead atoms. The summed E-state index contributed by atoms with van der Waals surface area (Å²) in [5.74, 6) is -0.165. The number of nitroso groups, excluding NO2 is 1. The van der Waals surface area contributed by atoms with Crippen LogP contribution in [0.1, 0.15) is 10.5 Å². The van der Waals surface area contributed by atoms with Crippen molar-refractivity contribution in [3.63, 3.8) is 0 Å². The van der Waals surface area contributed by atoms with Crippen LogP contribution in [-0.4, -0.2) is 34.2 Å². The zero-order chi connectivity index (χ0) is 17.1. The number of hydrogen-bond acceptors (Lipinski definition) is 5. The summed E-state index contributed by atoms with van der Waals surface area (Å²) in [5.41, 5.74) is 2.62. The summed E-state index contributed by atoms with van der Waals surface area (Å²) >= 11 is 0. The minimum absolute atomic E-state index is 0.165. The SMILES string of the molecule is CN(C)/C=C/C(=O)c1c(-c2cccc(N=O)c2)nc2ccccn12. The van der Waals surface area contributed by atoms with Crippen LogP contribution < -0.4 is 0 Å². The number of allylic oxidation sites excluding steroid dienone is 1. The molecular weight excluding hydrogens is 304 g/mol. The first-order valence-electron chi connectivity index (χ1n) is 7.40. The van der Waals surface area contributed by atoms with Crippen LogP contribution >= 0.6 is 0 Å². The number of benzene rings is 1. The van der Waals surface area contributed by atoms with Crippen molar-refractivity contribution in [2.24, 2.45) is 5.18 Å². The maximum Gasteiger partial charge on any atom is 0.206 e. The molecule has 0 unspecified atom stereocenters. The summed E-state index contributed by atoms with van der Waals surface area (Å²) in [7, 11) is 3.69. The molecule has 0 spiro atoms. The number of hydrogen-bond donors (Lipinski definition) is 0. The van der Waals surface area contributed by atoms with E-state index in [1.54, 1.807) is 39.9 Å². The van der Waals surface area contributed by atoms with Crippen LogP contribution in [0.4, 0.5) is 5.69 Å². The molecule has 6 heteroatoms. The van der Waals surface area contributed by atoms with E-state index >= 15 is 0 Å². The zero-order valence-corrected chi connectivity index (χ0v) is 13.4. The predicted octanol–water partition coefficient (Wildman–Crippen LogP) is 3.66. The third kappa shape index (κ3) is 2.94. The van der Waals surface area contributed by atoms with Crippen LogP contribution in [0.3, 0.4) is 0 Å². The van der Waals surface area contributed by atoms with Crippen LogP contribution in [0.5, 0.6) is 0 Å². The molecule has 1 aromatic carbocycles. The van der Waals surface area contributed by atoms with Gasteiger partial charge in [-0.2, -0.15) is 0 Å². The van der Waals surface area contributed by atoms with Crippen molar-refractivity contribution >= 4 is 17.1 Å². The Morgan fingerprint density at radius 3 is 2.79 bits per heavy atom. The molecule has 0 aliphatic rings. The van der Waals surface area contributed by atoms with Gasteiger partial charge in [-0.3, -0.25) is 9.20 Å². The molecular formula is C18H16N4O2. The zero-order valence-electron chi connectivity index (χ0n) is 13.4. The highest BCUT2D eigenvalue weighted by atomic mass is 16.3. The Balaban J connectivity index is 2.21. The third-order valence-electron chi connectivity index (χ3n) is 3.51. The van der Waals surface area contributed by atoms with E-state index in [2.05, 4.69) is 10.2 Å². The third-order valence-corrected chi connectivity index (χ3v) is 3.51. The average Bonchev–Trinajstić information content (AvgIpc) is 2.99. The maximum absolute atomic E-state index is 12.7. The number of fused-ring (bicyclic) bond motifs is 1. The molecule has 0 N–H and O–H groups in total. The highest BCUT2D eigenvalue weighted by Crippen LogP contribution is 2.28. The van der Waals surface area contributed by atoms with Gasteiger partial charge in [0.25, 0.3) is 0 Å². The quantitative estimate of drug-likeness (QED) is 0.409. The van der Waals surface area contributed by atoms with Gasteiger partial charge in [0.2, 0.25) is 5.78 Å². The Hall–Kier alpha value is -3.28. The van der Waals surface area contributed by atoms with Gasteiger partial charge >= 0.3 is 0 Å². The molecule has 2 heterocycles. The molecule has 24 heavy (non-hydrogen) atoms. The minimum Gasteiger partial charge on any atom is -0.383 e. The van der Waals surface area contributed by atoms with E-state index in [1.807, 2.05) is 38.4 Å². The van der Waals surface area contributed by atoms with Gasteiger partial charge in [-0.15, -0.1) is 4.91 Å². The van der Waals surface area contributed by atoms with Crippen LogP contribution in [0, 0.1) is 4.91 Å². The van der Waals surface area contributed by atoms with Crippen LogP contribution in [0.25, 0.3) is 16.9 Å². The van der Waals surface area contributed by atoms with Gasteiger partial charge in [0.05, 0.1) is 0 Å². The number of aromatic nitrogens is 2. The predicted molar refractivity (Wildman–Crippen MR) is 93.2 cm³/mol. The van der Waals surface area contributed by atoms with Crippen LogP contribution in [0.15, 0.2) is 66.1 Å². The highest BCUT2D eigenvalue weighted by Gasteiger charge is 2.19. The minimum atomic E-state index is -0.165. The molecule has 0 fully saturated rings. The summed E-state index contributed by atoms with van der Waals surface area (Å²) in [6.45, 7) is 0. The highest BCUT2D eigenvalue weighted by molar-refractivity contribution is 6.08. The molecule has 2 aromatic heterocycles. The molecule has 0 aliphatic heterocycles. The first-order chi connectivity index (χ1) is 11.6. The molecule has 0 saturated heterocycles. The maximum atomic E-state index is 12.7. The van der Waals surface area contributed by atoms with E-state index in [9.17, 15) is 9.70 Å². The largest absolute Gasteiger partial charge is 0.383 e. The molecule has 3 aromatic rings. The summed E-state index contributed by atoms with van der Waals surface area (Å²) in [5, 5.41) is 2.95. The summed E-state index contributed by atoms with van der Waals surface area (Å²) in [6, 6.07) is 12.3. The molecule has 0 aliphatic carbocycles. The second kappa shape index (κ2) is 6.45. The van der Waals surface area contributed by atoms with E-state index < -0.39 is 0 Å². The number of pyridine rings is 1.